The van der Waals surface area contributed by atoms with Crippen molar-refractivity contribution in [2.75, 3.05) is 0 Å². The molecule has 1 heterocycles. The number of halogens is 1. The molecule has 0 aliphatic heterocycles. The van der Waals surface area contributed by atoms with Crippen molar-refractivity contribution in [3.05, 3.63) is 168 Å². The third-order valence-electron chi connectivity index (χ3n) is 8.36. The SMILES string of the molecule is Brc1ccc(-c2oc(-c3c4ccccc4c(-c4ccccc4)c4ccccc34)c(-c3ccccc3)c2-c2ccccc2)cc1.C. The lowest BCUT2D eigenvalue weighted by Gasteiger charge is -2.17. The number of rotatable bonds is 5. The first kappa shape index (κ1) is 28.6. The fraction of sp³-hybridized carbons (Fsp3) is 0.0233. The van der Waals surface area contributed by atoms with Gasteiger partial charge < -0.3 is 4.42 Å². The van der Waals surface area contributed by atoms with Crippen LogP contribution in [-0.2, 0) is 0 Å². The van der Waals surface area contributed by atoms with Crippen molar-refractivity contribution in [1.82, 2.24) is 0 Å². The summed E-state index contributed by atoms with van der Waals surface area (Å²) in [6.07, 6.45) is 0. The van der Waals surface area contributed by atoms with Gasteiger partial charge in [0.25, 0.3) is 0 Å². The second kappa shape index (κ2) is 12.1. The van der Waals surface area contributed by atoms with Crippen molar-refractivity contribution in [2.24, 2.45) is 0 Å². The lowest BCUT2D eigenvalue weighted by Crippen LogP contribution is -1.91. The molecular formula is C43H31BrO. The molecular weight excluding hydrogens is 612 g/mol. The molecule has 0 aliphatic carbocycles. The van der Waals surface area contributed by atoms with Crippen LogP contribution in [0.5, 0.6) is 0 Å². The van der Waals surface area contributed by atoms with Gasteiger partial charge in [-0.25, -0.2) is 0 Å². The van der Waals surface area contributed by atoms with Crippen LogP contribution in [0.4, 0.5) is 0 Å². The standard InChI is InChI=1S/C42H27BrO.CH4/c43-32-26-24-31(25-27-32)41-38(29-16-6-2-7-17-29)39(30-18-8-3-9-19-30)42(44-41)40-35-22-12-10-20-33(35)37(28-14-4-1-5-15-28)34-21-11-13-23-36(34)40;/h1-27H;1H4. The van der Waals surface area contributed by atoms with Gasteiger partial charge in [0.2, 0.25) is 0 Å². The Morgan fingerprint density at radius 2 is 0.667 bits per heavy atom. The first-order valence-corrected chi connectivity index (χ1v) is 15.6. The zero-order chi connectivity index (χ0) is 29.5. The van der Waals surface area contributed by atoms with E-state index in [2.05, 4.69) is 180 Å². The Morgan fingerprint density at radius 1 is 0.311 bits per heavy atom. The Kier molecular flexibility index (Phi) is 7.67. The molecule has 0 saturated heterocycles. The maximum atomic E-state index is 7.21. The van der Waals surface area contributed by atoms with E-state index in [1.54, 1.807) is 0 Å². The van der Waals surface area contributed by atoms with E-state index in [4.69, 9.17) is 4.42 Å². The van der Waals surface area contributed by atoms with Crippen molar-refractivity contribution in [1.29, 1.82) is 0 Å². The molecule has 0 fully saturated rings. The number of hydrogen-bond donors (Lipinski definition) is 0. The molecule has 7 aromatic carbocycles. The Morgan fingerprint density at radius 3 is 1.11 bits per heavy atom. The molecule has 0 atom stereocenters. The average Bonchev–Trinajstić information content (AvgIpc) is 3.48. The highest BCUT2D eigenvalue weighted by Gasteiger charge is 2.28. The summed E-state index contributed by atoms with van der Waals surface area (Å²) in [5.74, 6) is 1.73. The van der Waals surface area contributed by atoms with E-state index in [0.717, 1.165) is 60.1 Å². The zero-order valence-electron chi connectivity index (χ0n) is 23.9. The second-order valence-electron chi connectivity index (χ2n) is 11.0. The fourth-order valence-corrected chi connectivity index (χ4v) is 6.73. The van der Waals surface area contributed by atoms with Crippen LogP contribution in [0.3, 0.4) is 0 Å². The van der Waals surface area contributed by atoms with Crippen LogP contribution in [0, 0.1) is 0 Å². The Bertz CT molecular complexity index is 2190. The molecule has 0 radical (unpaired) electrons. The molecule has 216 valence electrons. The van der Waals surface area contributed by atoms with Gasteiger partial charge in [0.1, 0.15) is 11.5 Å². The Labute approximate surface area is 272 Å². The quantitative estimate of drug-likeness (QED) is 0.170. The highest BCUT2D eigenvalue weighted by molar-refractivity contribution is 9.10. The molecule has 8 rings (SSSR count). The van der Waals surface area contributed by atoms with Crippen molar-refractivity contribution >= 4 is 37.5 Å². The van der Waals surface area contributed by atoms with Crippen molar-refractivity contribution in [2.45, 2.75) is 7.43 Å². The molecule has 1 nitrogen and oxygen atoms in total. The Hall–Kier alpha value is -5.18. The van der Waals surface area contributed by atoms with Gasteiger partial charge in [0.15, 0.2) is 0 Å². The molecule has 2 heteroatoms. The molecule has 0 saturated carbocycles. The average molecular weight is 644 g/mol. The van der Waals surface area contributed by atoms with Crippen molar-refractivity contribution in [3.63, 3.8) is 0 Å². The minimum atomic E-state index is 0. The predicted molar refractivity (Wildman–Crippen MR) is 195 cm³/mol. The molecule has 45 heavy (non-hydrogen) atoms. The molecule has 0 N–H and O–H groups in total. The monoisotopic (exact) mass is 642 g/mol. The highest BCUT2D eigenvalue weighted by atomic mass is 79.9. The van der Waals surface area contributed by atoms with E-state index < -0.39 is 0 Å². The van der Waals surface area contributed by atoms with E-state index in [-0.39, 0.29) is 7.43 Å². The fourth-order valence-electron chi connectivity index (χ4n) is 6.46. The largest absolute Gasteiger partial charge is 0.455 e. The van der Waals surface area contributed by atoms with Crippen LogP contribution in [0.25, 0.3) is 77.6 Å². The summed E-state index contributed by atoms with van der Waals surface area (Å²) < 4.78 is 8.25. The van der Waals surface area contributed by atoms with Gasteiger partial charge in [-0.3, -0.25) is 0 Å². The van der Waals surface area contributed by atoms with Crippen LogP contribution in [0.1, 0.15) is 7.43 Å². The van der Waals surface area contributed by atoms with Crippen molar-refractivity contribution in [3.8, 4) is 56.0 Å². The van der Waals surface area contributed by atoms with Gasteiger partial charge in [-0.1, -0.05) is 175 Å². The molecule has 0 spiro atoms. The Balaban J connectivity index is 0.00000325. The lowest BCUT2D eigenvalue weighted by molar-refractivity contribution is 0.600. The van der Waals surface area contributed by atoms with Crippen LogP contribution in [0.2, 0.25) is 0 Å². The van der Waals surface area contributed by atoms with Crippen LogP contribution in [-0.4, -0.2) is 0 Å². The molecule has 0 aliphatic rings. The third-order valence-corrected chi connectivity index (χ3v) is 8.89. The lowest BCUT2D eigenvalue weighted by atomic mass is 9.85. The molecule has 0 unspecified atom stereocenters. The van der Waals surface area contributed by atoms with E-state index in [1.165, 1.54) is 21.9 Å². The summed E-state index contributed by atoms with van der Waals surface area (Å²) in [7, 11) is 0. The minimum absolute atomic E-state index is 0. The number of benzene rings is 7. The second-order valence-corrected chi connectivity index (χ2v) is 11.9. The van der Waals surface area contributed by atoms with Gasteiger partial charge >= 0.3 is 0 Å². The van der Waals surface area contributed by atoms with Crippen LogP contribution >= 0.6 is 15.9 Å². The molecule has 1 aromatic heterocycles. The third kappa shape index (κ3) is 4.98. The van der Waals surface area contributed by atoms with Gasteiger partial charge in [-0.05, 0) is 55.9 Å². The number of furan rings is 1. The maximum Gasteiger partial charge on any atom is 0.144 e. The smallest absolute Gasteiger partial charge is 0.144 e. The zero-order valence-corrected chi connectivity index (χ0v) is 25.5. The van der Waals surface area contributed by atoms with Crippen molar-refractivity contribution < 1.29 is 4.42 Å². The van der Waals surface area contributed by atoms with Gasteiger partial charge in [0.05, 0.1) is 0 Å². The van der Waals surface area contributed by atoms with Gasteiger partial charge in [-0.15, -0.1) is 0 Å². The number of fused-ring (bicyclic) bond motifs is 2. The molecule has 8 aromatic rings. The van der Waals surface area contributed by atoms with Gasteiger partial charge in [-0.2, -0.15) is 0 Å². The van der Waals surface area contributed by atoms with E-state index in [0.29, 0.717) is 0 Å². The topological polar surface area (TPSA) is 13.1 Å². The summed E-state index contributed by atoms with van der Waals surface area (Å²) in [4.78, 5) is 0. The van der Waals surface area contributed by atoms with E-state index in [9.17, 15) is 0 Å². The van der Waals surface area contributed by atoms with Crippen LogP contribution < -0.4 is 0 Å². The summed E-state index contributed by atoms with van der Waals surface area (Å²) >= 11 is 3.62. The minimum Gasteiger partial charge on any atom is -0.455 e. The summed E-state index contributed by atoms with van der Waals surface area (Å²) in [6.45, 7) is 0. The predicted octanol–water partition coefficient (Wildman–Crippen LogP) is 13.3. The summed E-state index contributed by atoms with van der Waals surface area (Å²) in [6, 6.07) is 57.9. The number of hydrogen-bond acceptors (Lipinski definition) is 1. The molecule has 0 amide bonds. The normalized spacial score (nSPS) is 11.0. The summed E-state index contributed by atoms with van der Waals surface area (Å²) in [5, 5.41) is 4.74. The highest BCUT2D eigenvalue weighted by Crippen LogP contribution is 2.52. The van der Waals surface area contributed by atoms with Gasteiger partial charge in [0, 0.05) is 26.7 Å². The summed E-state index contributed by atoms with van der Waals surface area (Å²) in [5.41, 5.74) is 9.01. The van der Waals surface area contributed by atoms with E-state index >= 15 is 0 Å². The first-order valence-electron chi connectivity index (χ1n) is 14.8. The first-order chi connectivity index (χ1) is 21.8. The molecule has 0 bridgehead atoms. The maximum absolute atomic E-state index is 7.21. The van der Waals surface area contributed by atoms with E-state index in [1.807, 2.05) is 0 Å². The van der Waals surface area contributed by atoms with Crippen LogP contribution in [0.15, 0.2) is 173 Å².